The predicted molar refractivity (Wildman–Crippen MR) is 124 cm³/mol. The standard InChI is InChI=1S/C24H19F4N3O3S/c1-2-31-21-12-9-19(30-35(33,34)20-10-5-17(25)6-11-20)13-15(21)14-22(31)23(32)29-18-7-3-16(4-8-18)24(26,27)28/h3-14,30H,2H2,1H3,(H,29,32). The molecule has 35 heavy (non-hydrogen) atoms. The van der Waals surface area contributed by atoms with Gasteiger partial charge in [-0.15, -0.1) is 0 Å². The molecule has 182 valence electrons. The fourth-order valence-electron chi connectivity index (χ4n) is 3.63. The van der Waals surface area contributed by atoms with Crippen molar-refractivity contribution in [2.75, 3.05) is 10.0 Å². The molecule has 0 aliphatic carbocycles. The van der Waals surface area contributed by atoms with Gasteiger partial charge in [0.15, 0.2) is 0 Å². The highest BCUT2D eigenvalue weighted by atomic mass is 32.2. The average Bonchev–Trinajstić information content (AvgIpc) is 3.17. The van der Waals surface area contributed by atoms with Crippen LogP contribution in [-0.2, 0) is 22.7 Å². The second-order valence-electron chi connectivity index (χ2n) is 7.64. The second-order valence-corrected chi connectivity index (χ2v) is 9.32. The van der Waals surface area contributed by atoms with Gasteiger partial charge in [-0.2, -0.15) is 13.2 Å². The number of sulfonamides is 1. The molecule has 4 rings (SSSR count). The van der Waals surface area contributed by atoms with Crippen molar-refractivity contribution in [1.29, 1.82) is 0 Å². The Morgan fingerprint density at radius 3 is 2.14 bits per heavy atom. The number of nitrogens with zero attached hydrogens (tertiary/aromatic N) is 1. The largest absolute Gasteiger partial charge is 0.416 e. The third-order valence-corrected chi connectivity index (χ3v) is 6.69. The molecular formula is C24H19F4N3O3S. The van der Waals surface area contributed by atoms with Crippen LogP contribution in [0.1, 0.15) is 23.0 Å². The van der Waals surface area contributed by atoms with E-state index < -0.39 is 33.5 Å². The molecule has 1 aromatic heterocycles. The van der Waals surface area contributed by atoms with Gasteiger partial charge in [0.1, 0.15) is 11.5 Å². The normalized spacial score (nSPS) is 12.0. The van der Waals surface area contributed by atoms with E-state index in [1.807, 2.05) is 6.92 Å². The van der Waals surface area contributed by atoms with E-state index in [4.69, 9.17) is 0 Å². The Morgan fingerprint density at radius 2 is 1.54 bits per heavy atom. The number of carbonyl (C=O) groups is 1. The topological polar surface area (TPSA) is 80.2 Å². The van der Waals surface area contributed by atoms with Crippen LogP contribution >= 0.6 is 0 Å². The Kier molecular flexibility index (Phi) is 6.28. The van der Waals surface area contributed by atoms with Gasteiger partial charge in [-0.25, -0.2) is 12.8 Å². The number of rotatable bonds is 6. The Bertz CT molecular complexity index is 1490. The summed E-state index contributed by atoms with van der Waals surface area (Å²) in [5.41, 5.74) is 0.526. The summed E-state index contributed by atoms with van der Waals surface area (Å²) in [4.78, 5) is 12.8. The molecule has 1 amide bonds. The molecule has 4 aromatic rings. The van der Waals surface area contributed by atoms with Gasteiger partial charge >= 0.3 is 6.18 Å². The zero-order valence-electron chi connectivity index (χ0n) is 18.2. The van der Waals surface area contributed by atoms with Gasteiger partial charge in [0, 0.05) is 28.8 Å². The number of alkyl halides is 3. The minimum absolute atomic E-state index is 0.110. The summed E-state index contributed by atoms with van der Waals surface area (Å²) in [5.74, 6) is -1.09. The Balaban J connectivity index is 1.60. The minimum Gasteiger partial charge on any atom is -0.337 e. The lowest BCUT2D eigenvalue weighted by atomic mass is 10.2. The van der Waals surface area contributed by atoms with Crippen LogP contribution in [0.25, 0.3) is 10.9 Å². The summed E-state index contributed by atoms with van der Waals surface area (Å²) < 4.78 is 80.7. The number of benzene rings is 3. The summed E-state index contributed by atoms with van der Waals surface area (Å²) in [7, 11) is -3.96. The Hall–Kier alpha value is -3.86. The quantitative estimate of drug-likeness (QED) is 0.322. The number of aryl methyl sites for hydroxylation is 1. The third kappa shape index (κ3) is 5.14. The Labute approximate surface area is 198 Å². The fourth-order valence-corrected chi connectivity index (χ4v) is 4.68. The number of halogens is 4. The van der Waals surface area contributed by atoms with Crippen molar-refractivity contribution in [1.82, 2.24) is 4.57 Å². The van der Waals surface area contributed by atoms with E-state index in [1.165, 1.54) is 18.2 Å². The molecule has 2 N–H and O–H groups in total. The number of hydrogen-bond donors (Lipinski definition) is 2. The van der Waals surface area contributed by atoms with Gasteiger partial charge in [0.05, 0.1) is 10.5 Å². The van der Waals surface area contributed by atoms with Gasteiger partial charge in [0.2, 0.25) is 0 Å². The first-order valence-corrected chi connectivity index (χ1v) is 11.9. The summed E-state index contributed by atoms with van der Waals surface area (Å²) in [5, 5.41) is 3.16. The maximum Gasteiger partial charge on any atom is 0.416 e. The highest BCUT2D eigenvalue weighted by Gasteiger charge is 2.30. The maximum atomic E-state index is 13.1. The van der Waals surface area contributed by atoms with Crippen LogP contribution in [0.4, 0.5) is 28.9 Å². The van der Waals surface area contributed by atoms with E-state index in [9.17, 15) is 30.8 Å². The van der Waals surface area contributed by atoms with Crippen LogP contribution in [0.3, 0.4) is 0 Å². The van der Waals surface area contributed by atoms with Gasteiger partial charge in [-0.05, 0) is 79.7 Å². The molecule has 0 aliphatic heterocycles. The zero-order valence-corrected chi connectivity index (χ0v) is 19.0. The molecule has 0 fully saturated rings. The number of amides is 1. The number of aromatic nitrogens is 1. The lowest BCUT2D eigenvalue weighted by molar-refractivity contribution is -0.137. The number of carbonyl (C=O) groups excluding carboxylic acids is 1. The molecule has 6 nitrogen and oxygen atoms in total. The van der Waals surface area contributed by atoms with Crippen molar-refractivity contribution in [3.8, 4) is 0 Å². The maximum absolute atomic E-state index is 13.1. The molecule has 0 aliphatic rings. The van der Waals surface area contributed by atoms with E-state index in [0.29, 0.717) is 17.4 Å². The fraction of sp³-hybridized carbons (Fsp3) is 0.125. The monoisotopic (exact) mass is 505 g/mol. The van der Waals surface area contributed by atoms with Gasteiger partial charge in [0.25, 0.3) is 15.9 Å². The molecule has 0 bridgehead atoms. The van der Waals surface area contributed by atoms with Crippen molar-refractivity contribution in [3.05, 3.63) is 89.9 Å². The number of fused-ring (bicyclic) bond motifs is 1. The van der Waals surface area contributed by atoms with Crippen molar-refractivity contribution in [3.63, 3.8) is 0 Å². The van der Waals surface area contributed by atoms with E-state index in [2.05, 4.69) is 10.0 Å². The van der Waals surface area contributed by atoms with Crippen LogP contribution in [0.5, 0.6) is 0 Å². The van der Waals surface area contributed by atoms with E-state index in [0.717, 1.165) is 36.4 Å². The first-order valence-electron chi connectivity index (χ1n) is 10.4. The number of nitrogens with one attached hydrogen (secondary N) is 2. The summed E-state index contributed by atoms with van der Waals surface area (Å²) in [6.07, 6.45) is -4.48. The lowest BCUT2D eigenvalue weighted by Gasteiger charge is -2.11. The summed E-state index contributed by atoms with van der Waals surface area (Å²) >= 11 is 0. The van der Waals surface area contributed by atoms with Crippen molar-refractivity contribution < 1.29 is 30.8 Å². The molecule has 0 saturated carbocycles. The van der Waals surface area contributed by atoms with E-state index in [-0.39, 0.29) is 22.0 Å². The molecule has 0 unspecified atom stereocenters. The lowest BCUT2D eigenvalue weighted by Crippen LogP contribution is -2.16. The second kappa shape index (κ2) is 9.06. The Morgan fingerprint density at radius 1 is 0.914 bits per heavy atom. The molecular weight excluding hydrogens is 486 g/mol. The van der Waals surface area contributed by atoms with Crippen LogP contribution in [0, 0.1) is 5.82 Å². The zero-order chi connectivity index (χ0) is 25.4. The van der Waals surface area contributed by atoms with Gasteiger partial charge in [-0.3, -0.25) is 9.52 Å². The molecule has 0 radical (unpaired) electrons. The molecule has 0 atom stereocenters. The van der Waals surface area contributed by atoms with E-state index >= 15 is 0 Å². The van der Waals surface area contributed by atoms with Gasteiger partial charge in [-0.1, -0.05) is 0 Å². The third-order valence-electron chi connectivity index (χ3n) is 5.30. The summed E-state index contributed by atoms with van der Waals surface area (Å²) in [6, 6.07) is 14.8. The van der Waals surface area contributed by atoms with Crippen LogP contribution in [-0.4, -0.2) is 18.9 Å². The van der Waals surface area contributed by atoms with Gasteiger partial charge < -0.3 is 9.88 Å². The van der Waals surface area contributed by atoms with Crippen LogP contribution in [0.15, 0.2) is 77.7 Å². The van der Waals surface area contributed by atoms with Crippen LogP contribution in [0.2, 0.25) is 0 Å². The highest BCUT2D eigenvalue weighted by Crippen LogP contribution is 2.30. The first-order chi connectivity index (χ1) is 16.5. The number of hydrogen-bond acceptors (Lipinski definition) is 3. The smallest absolute Gasteiger partial charge is 0.337 e. The van der Waals surface area contributed by atoms with Crippen LogP contribution < -0.4 is 10.0 Å². The molecule has 0 spiro atoms. The molecule has 0 saturated heterocycles. The molecule has 1 heterocycles. The summed E-state index contributed by atoms with van der Waals surface area (Å²) in [6.45, 7) is 2.24. The van der Waals surface area contributed by atoms with E-state index in [1.54, 1.807) is 22.8 Å². The molecule has 3 aromatic carbocycles. The van der Waals surface area contributed by atoms with Crippen molar-refractivity contribution >= 4 is 38.2 Å². The first kappa shape index (κ1) is 24.3. The van der Waals surface area contributed by atoms with Crippen molar-refractivity contribution in [2.45, 2.75) is 24.5 Å². The molecule has 11 heteroatoms. The highest BCUT2D eigenvalue weighted by molar-refractivity contribution is 7.92. The minimum atomic E-state index is -4.48. The van der Waals surface area contributed by atoms with Crippen molar-refractivity contribution in [2.24, 2.45) is 0 Å². The average molecular weight is 505 g/mol. The SMILES string of the molecule is CCn1c(C(=O)Nc2ccc(C(F)(F)F)cc2)cc2cc(NS(=O)(=O)c3ccc(F)cc3)ccc21. The number of anilines is 2. The predicted octanol–water partition coefficient (Wildman–Crippen LogP) is 5.87.